The van der Waals surface area contributed by atoms with Gasteiger partial charge >= 0.3 is 0 Å². The normalized spacial score (nSPS) is 10.8. The second-order valence-electron chi connectivity index (χ2n) is 8.16. The van der Waals surface area contributed by atoms with Crippen LogP contribution in [-0.2, 0) is 0 Å². The molecule has 0 radical (unpaired) electrons. The van der Waals surface area contributed by atoms with Crippen molar-refractivity contribution in [2.45, 2.75) is 0 Å². The number of nitrogens with zero attached hydrogens (tertiary/aromatic N) is 1. The lowest BCUT2D eigenvalue weighted by atomic mass is 10.1. The van der Waals surface area contributed by atoms with Crippen molar-refractivity contribution < 1.29 is 28.1 Å². The Balaban J connectivity index is 1.40. The Morgan fingerprint density at radius 2 is 1.49 bits per heavy atom. The number of rotatable bonds is 7. The molecule has 7 nitrogen and oxygen atoms in total. The highest BCUT2D eigenvalue weighted by Crippen LogP contribution is 2.37. The van der Waals surface area contributed by atoms with Gasteiger partial charge in [0.2, 0.25) is 0 Å². The van der Waals surface area contributed by atoms with Crippen molar-refractivity contribution >= 4 is 33.3 Å². The summed E-state index contributed by atoms with van der Waals surface area (Å²) in [6.45, 7) is 0. The standard InChI is InChI=1S/C29H23FN2O5/c1-34-25-9-6-19(30)14-23(25)29(33)32-20-7-4-18-13-21(8-5-17(18)12-20)37-26-10-11-31-24-16-28(36-3)27(35-2)15-22(24)26/h4-16H,1-3H3,(H,32,33). The van der Waals surface area contributed by atoms with Crippen molar-refractivity contribution in [1.29, 1.82) is 0 Å². The minimum atomic E-state index is -0.517. The number of methoxy groups -OCH3 is 3. The van der Waals surface area contributed by atoms with E-state index in [0.717, 1.165) is 22.2 Å². The Bertz CT molecular complexity index is 1640. The average Bonchev–Trinajstić information content (AvgIpc) is 2.92. The fourth-order valence-electron chi connectivity index (χ4n) is 4.08. The van der Waals surface area contributed by atoms with E-state index >= 15 is 0 Å². The van der Waals surface area contributed by atoms with E-state index in [1.54, 1.807) is 38.6 Å². The molecule has 1 aromatic heterocycles. The summed E-state index contributed by atoms with van der Waals surface area (Å²) in [5.74, 6) is 1.74. The van der Waals surface area contributed by atoms with Gasteiger partial charge in [-0.2, -0.15) is 0 Å². The van der Waals surface area contributed by atoms with Crippen molar-refractivity contribution in [3.8, 4) is 28.7 Å². The molecule has 1 heterocycles. The Labute approximate surface area is 212 Å². The zero-order valence-corrected chi connectivity index (χ0v) is 20.4. The van der Waals surface area contributed by atoms with E-state index in [0.29, 0.717) is 40.0 Å². The average molecular weight is 499 g/mol. The number of hydrogen-bond donors (Lipinski definition) is 1. The Hall–Kier alpha value is -4.85. The second kappa shape index (κ2) is 10.0. The molecule has 4 aromatic carbocycles. The van der Waals surface area contributed by atoms with Gasteiger partial charge in [-0.1, -0.05) is 12.1 Å². The van der Waals surface area contributed by atoms with Crippen LogP contribution < -0.4 is 24.3 Å². The monoisotopic (exact) mass is 498 g/mol. The van der Waals surface area contributed by atoms with Gasteiger partial charge in [0.1, 0.15) is 23.1 Å². The van der Waals surface area contributed by atoms with Gasteiger partial charge in [-0.15, -0.1) is 0 Å². The van der Waals surface area contributed by atoms with Gasteiger partial charge in [0, 0.05) is 23.3 Å². The van der Waals surface area contributed by atoms with Crippen LogP contribution in [0, 0.1) is 5.82 Å². The van der Waals surface area contributed by atoms with E-state index in [1.807, 2.05) is 36.4 Å². The van der Waals surface area contributed by atoms with Crippen LogP contribution >= 0.6 is 0 Å². The molecule has 0 spiro atoms. The zero-order valence-electron chi connectivity index (χ0n) is 20.4. The van der Waals surface area contributed by atoms with Gasteiger partial charge in [0.15, 0.2) is 11.5 Å². The predicted octanol–water partition coefficient (Wildman–Crippen LogP) is 6.60. The number of aromatic nitrogens is 1. The maximum Gasteiger partial charge on any atom is 0.259 e. The largest absolute Gasteiger partial charge is 0.496 e. The van der Waals surface area contributed by atoms with Crippen LogP contribution in [-0.4, -0.2) is 32.2 Å². The minimum absolute atomic E-state index is 0.116. The van der Waals surface area contributed by atoms with Crippen LogP contribution in [0.4, 0.5) is 10.1 Å². The summed E-state index contributed by atoms with van der Waals surface area (Å²) in [5, 5.41) is 5.39. The molecular weight excluding hydrogens is 475 g/mol. The molecule has 0 atom stereocenters. The lowest BCUT2D eigenvalue weighted by Gasteiger charge is -2.13. The molecule has 0 bridgehead atoms. The number of carbonyl (C=O) groups is 1. The number of ether oxygens (including phenoxy) is 4. The lowest BCUT2D eigenvalue weighted by Crippen LogP contribution is -2.13. The Morgan fingerprint density at radius 1 is 0.757 bits per heavy atom. The predicted molar refractivity (Wildman–Crippen MR) is 140 cm³/mol. The van der Waals surface area contributed by atoms with Crippen LogP contribution in [0.2, 0.25) is 0 Å². The number of anilines is 1. The number of nitrogens with one attached hydrogen (secondary N) is 1. The smallest absolute Gasteiger partial charge is 0.259 e. The van der Waals surface area contributed by atoms with Gasteiger partial charge in [0.25, 0.3) is 5.91 Å². The molecule has 8 heteroatoms. The SMILES string of the molecule is COc1cc2nccc(Oc3ccc4cc(NC(=O)c5cc(F)ccc5OC)ccc4c3)c2cc1OC. The molecule has 1 N–H and O–H groups in total. The van der Waals surface area contributed by atoms with Gasteiger partial charge < -0.3 is 24.3 Å². The summed E-state index contributed by atoms with van der Waals surface area (Å²) in [6.07, 6.45) is 1.67. The van der Waals surface area contributed by atoms with Gasteiger partial charge in [0.05, 0.1) is 32.4 Å². The third kappa shape index (κ3) is 4.81. The van der Waals surface area contributed by atoms with E-state index in [9.17, 15) is 9.18 Å². The van der Waals surface area contributed by atoms with Gasteiger partial charge in [-0.05, 0) is 65.4 Å². The summed E-state index contributed by atoms with van der Waals surface area (Å²) in [6, 6.07) is 20.4. The molecule has 0 fully saturated rings. The number of pyridine rings is 1. The molecule has 186 valence electrons. The van der Waals surface area contributed by atoms with E-state index in [-0.39, 0.29) is 5.56 Å². The summed E-state index contributed by atoms with van der Waals surface area (Å²) in [5.41, 5.74) is 1.40. The number of fused-ring (bicyclic) bond motifs is 2. The highest BCUT2D eigenvalue weighted by Gasteiger charge is 2.15. The first-order valence-electron chi connectivity index (χ1n) is 11.4. The minimum Gasteiger partial charge on any atom is -0.496 e. The first kappa shape index (κ1) is 23.9. The fraction of sp³-hybridized carbons (Fsp3) is 0.103. The van der Waals surface area contributed by atoms with Crippen molar-refractivity contribution in [1.82, 2.24) is 4.98 Å². The van der Waals surface area contributed by atoms with Crippen molar-refractivity contribution in [2.75, 3.05) is 26.6 Å². The van der Waals surface area contributed by atoms with E-state index in [2.05, 4.69) is 10.3 Å². The molecule has 0 aliphatic carbocycles. The molecule has 0 aliphatic heterocycles. The Morgan fingerprint density at radius 3 is 2.27 bits per heavy atom. The lowest BCUT2D eigenvalue weighted by molar-refractivity contribution is 0.102. The molecule has 5 rings (SSSR count). The summed E-state index contributed by atoms with van der Waals surface area (Å²) < 4.78 is 35.9. The number of halogens is 1. The third-order valence-electron chi connectivity index (χ3n) is 5.91. The maximum atomic E-state index is 13.7. The van der Waals surface area contributed by atoms with E-state index in [1.165, 1.54) is 19.2 Å². The van der Waals surface area contributed by atoms with Crippen LogP contribution in [0.1, 0.15) is 10.4 Å². The molecule has 0 aliphatic rings. The number of benzene rings is 4. The second-order valence-corrected chi connectivity index (χ2v) is 8.16. The van der Waals surface area contributed by atoms with Crippen molar-refractivity contribution in [3.63, 3.8) is 0 Å². The highest BCUT2D eigenvalue weighted by atomic mass is 19.1. The molecule has 0 saturated heterocycles. The van der Waals surface area contributed by atoms with Gasteiger partial charge in [-0.25, -0.2) is 4.39 Å². The van der Waals surface area contributed by atoms with Crippen LogP contribution in [0.5, 0.6) is 28.7 Å². The summed E-state index contributed by atoms with van der Waals surface area (Å²) in [7, 11) is 4.59. The van der Waals surface area contributed by atoms with Crippen LogP contribution in [0.25, 0.3) is 21.7 Å². The molecule has 0 unspecified atom stereocenters. The van der Waals surface area contributed by atoms with Crippen molar-refractivity contribution in [3.05, 3.63) is 90.4 Å². The first-order chi connectivity index (χ1) is 18.0. The summed E-state index contributed by atoms with van der Waals surface area (Å²) in [4.78, 5) is 17.1. The fourth-order valence-corrected chi connectivity index (χ4v) is 4.08. The number of carbonyl (C=O) groups excluding carboxylic acids is 1. The summed E-state index contributed by atoms with van der Waals surface area (Å²) >= 11 is 0. The quantitative estimate of drug-likeness (QED) is 0.272. The van der Waals surface area contributed by atoms with Gasteiger partial charge in [-0.3, -0.25) is 9.78 Å². The van der Waals surface area contributed by atoms with Crippen LogP contribution in [0.15, 0.2) is 79.0 Å². The Kier molecular flexibility index (Phi) is 6.47. The molecule has 0 saturated carbocycles. The van der Waals surface area contributed by atoms with E-state index in [4.69, 9.17) is 18.9 Å². The number of hydrogen-bond acceptors (Lipinski definition) is 6. The number of amides is 1. The molecular formula is C29H23FN2O5. The molecule has 1 amide bonds. The topological polar surface area (TPSA) is 78.9 Å². The molecule has 5 aromatic rings. The third-order valence-corrected chi connectivity index (χ3v) is 5.91. The van der Waals surface area contributed by atoms with Crippen molar-refractivity contribution in [2.24, 2.45) is 0 Å². The maximum absolute atomic E-state index is 13.7. The highest BCUT2D eigenvalue weighted by molar-refractivity contribution is 6.07. The van der Waals surface area contributed by atoms with E-state index < -0.39 is 11.7 Å². The molecule has 37 heavy (non-hydrogen) atoms. The first-order valence-corrected chi connectivity index (χ1v) is 11.4. The van der Waals surface area contributed by atoms with Crippen LogP contribution in [0.3, 0.4) is 0 Å². The zero-order chi connectivity index (χ0) is 25.9.